The van der Waals surface area contributed by atoms with Crippen LogP contribution in [0.2, 0.25) is 0 Å². The van der Waals surface area contributed by atoms with Crippen LogP contribution in [0.4, 0.5) is 9.93 Å². The number of anilines is 1. The first kappa shape index (κ1) is 18.6. The minimum absolute atomic E-state index is 0.00191. The lowest BCUT2D eigenvalue weighted by atomic mass is 9.89. The molecule has 7 nitrogen and oxygen atoms in total. The van der Waals surface area contributed by atoms with E-state index in [1.165, 1.54) is 10.4 Å². The Morgan fingerprint density at radius 3 is 2.93 bits per heavy atom. The molecule has 2 aromatic rings. The highest BCUT2D eigenvalue weighted by Crippen LogP contribution is 2.46. The van der Waals surface area contributed by atoms with Crippen LogP contribution in [0.25, 0.3) is 11.3 Å². The summed E-state index contributed by atoms with van der Waals surface area (Å²) in [5.74, 6) is 1.49. The standard InChI is InChI=1S/C22H26N4O3S/c1-22(2)18-19(29-18)25-20(27)26(22)21-24-17-14-4-3-13(12-5-8-23-9-6-12)11-15(14)28-10-7-16(17)30-21/h3-4,11-12,18-19,23H,5-10H2,1-2H3,(H,25,27). The molecule has 4 aliphatic rings. The number of thiazole rings is 1. The zero-order valence-corrected chi connectivity index (χ0v) is 18.1. The SMILES string of the molecule is CC1(C)C2OC2NC(=O)N1c1nc2c(s1)CCOc1cc(C3CCNCC3)ccc1-2. The van der Waals surface area contributed by atoms with Gasteiger partial charge in [-0.2, -0.15) is 0 Å². The summed E-state index contributed by atoms with van der Waals surface area (Å²) in [7, 11) is 0. The molecule has 0 aliphatic carbocycles. The van der Waals surface area contributed by atoms with Crippen LogP contribution in [-0.4, -0.2) is 48.6 Å². The quantitative estimate of drug-likeness (QED) is 0.721. The molecule has 2 N–H and O–H groups in total. The highest BCUT2D eigenvalue weighted by Gasteiger charge is 2.60. The molecule has 0 spiro atoms. The number of benzene rings is 1. The Balaban J connectivity index is 1.37. The van der Waals surface area contributed by atoms with Gasteiger partial charge in [0.1, 0.15) is 11.9 Å². The lowest BCUT2D eigenvalue weighted by molar-refractivity contribution is 0.233. The minimum atomic E-state index is -0.429. The van der Waals surface area contributed by atoms with Gasteiger partial charge in [0.25, 0.3) is 0 Å². The number of ether oxygens (including phenoxy) is 2. The van der Waals surface area contributed by atoms with Gasteiger partial charge in [-0.05, 0) is 63.4 Å². The van der Waals surface area contributed by atoms with Gasteiger partial charge in [-0.25, -0.2) is 9.78 Å². The van der Waals surface area contributed by atoms with Crippen LogP contribution in [0.3, 0.4) is 0 Å². The Morgan fingerprint density at radius 1 is 1.27 bits per heavy atom. The third-order valence-electron chi connectivity index (χ3n) is 6.77. The first-order valence-corrected chi connectivity index (χ1v) is 11.6. The molecule has 1 aromatic carbocycles. The van der Waals surface area contributed by atoms with Crippen molar-refractivity contribution in [2.45, 2.75) is 56.9 Å². The van der Waals surface area contributed by atoms with Gasteiger partial charge in [0.15, 0.2) is 11.4 Å². The van der Waals surface area contributed by atoms with Crippen molar-refractivity contribution in [1.82, 2.24) is 15.6 Å². The molecule has 5 heterocycles. The zero-order valence-electron chi connectivity index (χ0n) is 17.2. The summed E-state index contributed by atoms with van der Waals surface area (Å²) in [6.45, 7) is 6.86. The number of epoxide rings is 1. The fourth-order valence-corrected chi connectivity index (χ4v) is 6.20. The van der Waals surface area contributed by atoms with Crippen LogP contribution < -0.4 is 20.3 Å². The maximum absolute atomic E-state index is 12.8. The number of amides is 2. The van der Waals surface area contributed by atoms with Crippen molar-refractivity contribution < 1.29 is 14.3 Å². The maximum atomic E-state index is 12.8. The Morgan fingerprint density at radius 2 is 2.10 bits per heavy atom. The molecule has 6 rings (SSSR count). The van der Waals surface area contributed by atoms with Gasteiger partial charge >= 0.3 is 6.03 Å². The lowest BCUT2D eigenvalue weighted by Gasteiger charge is -2.38. The summed E-state index contributed by atoms with van der Waals surface area (Å²) in [4.78, 5) is 20.7. The fourth-order valence-electron chi connectivity index (χ4n) is 5.00. The molecular formula is C22H26N4O3S. The third kappa shape index (κ3) is 2.85. The van der Waals surface area contributed by atoms with E-state index in [9.17, 15) is 4.79 Å². The molecule has 30 heavy (non-hydrogen) atoms. The molecule has 158 valence electrons. The summed E-state index contributed by atoms with van der Waals surface area (Å²) in [5, 5.41) is 7.08. The van der Waals surface area contributed by atoms with Crippen LogP contribution in [-0.2, 0) is 11.2 Å². The van der Waals surface area contributed by atoms with Crippen molar-refractivity contribution in [3.8, 4) is 17.0 Å². The molecular weight excluding hydrogens is 400 g/mol. The Kier molecular flexibility index (Phi) is 4.13. The molecule has 8 heteroatoms. The van der Waals surface area contributed by atoms with E-state index >= 15 is 0 Å². The number of aromatic nitrogens is 1. The van der Waals surface area contributed by atoms with Gasteiger partial charge in [0.2, 0.25) is 0 Å². The summed E-state index contributed by atoms with van der Waals surface area (Å²) >= 11 is 1.59. The van der Waals surface area contributed by atoms with E-state index in [4.69, 9.17) is 14.5 Å². The van der Waals surface area contributed by atoms with E-state index in [2.05, 4.69) is 28.8 Å². The van der Waals surface area contributed by atoms with Gasteiger partial charge < -0.3 is 20.1 Å². The number of urea groups is 1. The molecule has 0 saturated carbocycles. The number of hydrogen-bond donors (Lipinski definition) is 2. The van der Waals surface area contributed by atoms with Crippen LogP contribution >= 0.6 is 11.3 Å². The second-order valence-electron chi connectivity index (χ2n) is 9.06. The normalized spacial score (nSPS) is 27.3. The molecule has 3 fully saturated rings. The van der Waals surface area contributed by atoms with E-state index < -0.39 is 5.54 Å². The first-order chi connectivity index (χ1) is 14.5. The summed E-state index contributed by atoms with van der Waals surface area (Å²) in [6, 6.07) is 6.45. The molecule has 4 aliphatic heterocycles. The van der Waals surface area contributed by atoms with Crippen molar-refractivity contribution >= 4 is 22.5 Å². The van der Waals surface area contributed by atoms with Gasteiger partial charge in [-0.15, -0.1) is 11.3 Å². The van der Waals surface area contributed by atoms with E-state index in [-0.39, 0.29) is 18.4 Å². The van der Waals surface area contributed by atoms with Gasteiger partial charge in [-0.3, -0.25) is 4.90 Å². The summed E-state index contributed by atoms with van der Waals surface area (Å²) in [5.41, 5.74) is 2.89. The van der Waals surface area contributed by atoms with Crippen molar-refractivity contribution in [2.24, 2.45) is 0 Å². The highest BCUT2D eigenvalue weighted by molar-refractivity contribution is 7.16. The average Bonchev–Trinajstić information content (AvgIpc) is 3.45. The van der Waals surface area contributed by atoms with E-state index in [1.807, 2.05) is 13.8 Å². The number of carbonyl (C=O) groups excluding carboxylic acids is 1. The molecule has 0 radical (unpaired) electrons. The predicted octanol–water partition coefficient (Wildman–Crippen LogP) is 3.25. The smallest absolute Gasteiger partial charge is 0.326 e. The lowest BCUT2D eigenvalue weighted by Crippen LogP contribution is -2.61. The number of rotatable bonds is 2. The van der Waals surface area contributed by atoms with Crippen molar-refractivity contribution in [2.75, 3.05) is 24.6 Å². The van der Waals surface area contributed by atoms with E-state index in [0.29, 0.717) is 12.5 Å². The molecule has 0 bridgehead atoms. The van der Waals surface area contributed by atoms with Crippen LogP contribution in [0.15, 0.2) is 18.2 Å². The summed E-state index contributed by atoms with van der Waals surface area (Å²) in [6.07, 6.45) is 2.96. The maximum Gasteiger partial charge on any atom is 0.326 e. The number of nitrogens with zero attached hydrogens (tertiary/aromatic N) is 2. The van der Waals surface area contributed by atoms with E-state index in [0.717, 1.165) is 54.5 Å². The van der Waals surface area contributed by atoms with Crippen molar-refractivity contribution in [1.29, 1.82) is 0 Å². The second-order valence-corrected chi connectivity index (χ2v) is 10.1. The summed E-state index contributed by atoms with van der Waals surface area (Å²) < 4.78 is 11.8. The Bertz CT molecular complexity index is 1010. The van der Waals surface area contributed by atoms with Crippen molar-refractivity contribution in [3.63, 3.8) is 0 Å². The van der Waals surface area contributed by atoms with Gasteiger partial charge in [0.05, 0.1) is 17.8 Å². The second kappa shape index (κ2) is 6.67. The number of hydrogen-bond acceptors (Lipinski definition) is 6. The largest absolute Gasteiger partial charge is 0.492 e. The number of carbonyl (C=O) groups is 1. The number of nitrogens with one attached hydrogen (secondary N) is 2. The first-order valence-electron chi connectivity index (χ1n) is 10.8. The van der Waals surface area contributed by atoms with E-state index in [1.54, 1.807) is 16.2 Å². The van der Waals surface area contributed by atoms with Crippen molar-refractivity contribution in [3.05, 3.63) is 28.6 Å². The number of piperidine rings is 1. The number of fused-ring (bicyclic) bond motifs is 4. The van der Waals surface area contributed by atoms with Crippen LogP contribution in [0, 0.1) is 0 Å². The fraction of sp³-hybridized carbons (Fsp3) is 0.545. The third-order valence-corrected chi connectivity index (χ3v) is 7.87. The molecule has 2 atom stereocenters. The monoisotopic (exact) mass is 426 g/mol. The predicted molar refractivity (Wildman–Crippen MR) is 115 cm³/mol. The zero-order chi connectivity index (χ0) is 20.5. The molecule has 2 amide bonds. The molecule has 2 unspecified atom stereocenters. The van der Waals surface area contributed by atoms with Gasteiger partial charge in [0, 0.05) is 16.9 Å². The van der Waals surface area contributed by atoms with Crippen LogP contribution in [0.5, 0.6) is 5.75 Å². The molecule has 1 aromatic heterocycles. The van der Waals surface area contributed by atoms with Crippen LogP contribution in [0.1, 0.15) is 43.0 Å². The Hall–Kier alpha value is -2.16. The minimum Gasteiger partial charge on any atom is -0.492 e. The highest BCUT2D eigenvalue weighted by atomic mass is 32.1. The topological polar surface area (TPSA) is 79.0 Å². The average molecular weight is 427 g/mol. The molecule has 3 saturated heterocycles. The Labute approximate surface area is 179 Å². The van der Waals surface area contributed by atoms with Gasteiger partial charge in [-0.1, -0.05) is 6.07 Å².